The van der Waals surface area contributed by atoms with Crippen LogP contribution in [0.5, 0.6) is 0 Å². The maximum Gasteiger partial charge on any atom is 0.0402 e. The second kappa shape index (κ2) is 25.3. The van der Waals surface area contributed by atoms with Crippen LogP contribution in [0.25, 0.3) is 0 Å². The SMILES string of the molecule is CCO.O.[Cu]. The van der Waals surface area contributed by atoms with Gasteiger partial charge in [-0.2, -0.15) is 0 Å². The van der Waals surface area contributed by atoms with E-state index in [1.165, 1.54) is 0 Å². The monoisotopic (exact) mass is 127 g/mol. The molecule has 0 aliphatic heterocycles. The fourth-order valence-corrected chi connectivity index (χ4v) is 0. The minimum absolute atomic E-state index is 0. The Labute approximate surface area is 42.0 Å². The van der Waals surface area contributed by atoms with Crippen molar-refractivity contribution < 1.29 is 27.7 Å². The summed E-state index contributed by atoms with van der Waals surface area (Å²) >= 11 is 0. The molecule has 0 rings (SSSR count). The summed E-state index contributed by atoms with van der Waals surface area (Å²) in [6.45, 7) is 1.93. The van der Waals surface area contributed by atoms with E-state index >= 15 is 0 Å². The molecule has 0 aliphatic carbocycles. The molecule has 0 aromatic heterocycles. The van der Waals surface area contributed by atoms with Crippen molar-refractivity contribution >= 4 is 0 Å². The fraction of sp³-hybridized carbons (Fsp3) is 1.00. The van der Waals surface area contributed by atoms with E-state index in [-0.39, 0.29) is 29.2 Å². The van der Waals surface area contributed by atoms with Crippen molar-refractivity contribution in [2.24, 2.45) is 0 Å². The van der Waals surface area contributed by atoms with Crippen molar-refractivity contribution in [3.8, 4) is 0 Å². The average molecular weight is 128 g/mol. The molecule has 0 aromatic carbocycles. The maximum atomic E-state index is 7.57. The summed E-state index contributed by atoms with van der Waals surface area (Å²) in [7, 11) is 0. The molecule has 3 N–H and O–H groups in total. The summed E-state index contributed by atoms with van der Waals surface area (Å²) in [5.74, 6) is 0. The first kappa shape index (κ1) is 18.0. The number of aliphatic hydroxyl groups excluding tert-OH is 1. The van der Waals surface area contributed by atoms with E-state index in [9.17, 15) is 0 Å². The van der Waals surface area contributed by atoms with E-state index in [1.54, 1.807) is 6.92 Å². The normalized spacial score (nSPS) is 3.60. The molecule has 0 aliphatic rings. The van der Waals surface area contributed by atoms with Crippen molar-refractivity contribution in [1.82, 2.24) is 0 Å². The molecule has 0 fully saturated rings. The van der Waals surface area contributed by atoms with Gasteiger partial charge in [0, 0.05) is 23.7 Å². The number of rotatable bonds is 0. The molecule has 0 bridgehead atoms. The van der Waals surface area contributed by atoms with Gasteiger partial charge in [-0.15, -0.1) is 0 Å². The second-order valence-corrected chi connectivity index (χ2v) is 0.316. The van der Waals surface area contributed by atoms with Crippen LogP contribution in [-0.2, 0) is 17.1 Å². The van der Waals surface area contributed by atoms with Crippen LogP contribution >= 0.6 is 0 Å². The van der Waals surface area contributed by atoms with Crippen molar-refractivity contribution in [3.05, 3.63) is 0 Å². The molecule has 2 nitrogen and oxygen atoms in total. The van der Waals surface area contributed by atoms with Gasteiger partial charge in [-0.1, -0.05) is 0 Å². The van der Waals surface area contributed by atoms with Gasteiger partial charge in [0.15, 0.2) is 0 Å². The summed E-state index contributed by atoms with van der Waals surface area (Å²) in [5, 5.41) is 7.57. The fourth-order valence-electron chi connectivity index (χ4n) is 0. The standard InChI is InChI=1S/C2H6O.Cu.H2O/c1-2-3;;/h3H,2H2,1H3;;1H2. The quantitative estimate of drug-likeness (QED) is 0.425. The summed E-state index contributed by atoms with van der Waals surface area (Å²) in [6, 6.07) is 0. The molecule has 0 saturated heterocycles. The van der Waals surface area contributed by atoms with Crippen LogP contribution in [0.2, 0.25) is 0 Å². The predicted molar refractivity (Wildman–Crippen MR) is 16.4 cm³/mol. The number of hydrogen-bond donors (Lipinski definition) is 1. The second-order valence-electron chi connectivity index (χ2n) is 0.316. The van der Waals surface area contributed by atoms with Crippen molar-refractivity contribution in [2.75, 3.05) is 6.61 Å². The Morgan fingerprint density at radius 2 is 1.60 bits per heavy atom. The Kier molecular flexibility index (Phi) is 91.3. The zero-order chi connectivity index (χ0) is 2.71. The van der Waals surface area contributed by atoms with Gasteiger partial charge in [-0.3, -0.25) is 0 Å². The van der Waals surface area contributed by atoms with Crippen molar-refractivity contribution in [3.63, 3.8) is 0 Å². The van der Waals surface area contributed by atoms with Gasteiger partial charge in [0.2, 0.25) is 0 Å². The van der Waals surface area contributed by atoms with E-state index in [1.807, 2.05) is 0 Å². The first-order valence-electron chi connectivity index (χ1n) is 1.02. The molecule has 5 heavy (non-hydrogen) atoms. The van der Waals surface area contributed by atoms with E-state index < -0.39 is 0 Å². The van der Waals surface area contributed by atoms with Gasteiger partial charge in [-0.05, 0) is 6.92 Å². The molecule has 0 heterocycles. The van der Waals surface area contributed by atoms with Crippen molar-refractivity contribution in [2.45, 2.75) is 6.92 Å². The molecule has 0 amide bonds. The van der Waals surface area contributed by atoms with Crippen LogP contribution in [0.1, 0.15) is 6.92 Å². The smallest absolute Gasteiger partial charge is 0.0402 e. The average Bonchev–Trinajstić information content (AvgIpc) is 0.918. The Bertz CT molecular complexity index is 7.61. The molecule has 39 valence electrons. The molecule has 0 spiro atoms. The van der Waals surface area contributed by atoms with Crippen LogP contribution in [0.4, 0.5) is 0 Å². The Morgan fingerprint density at radius 3 is 1.60 bits per heavy atom. The first-order chi connectivity index (χ1) is 1.41. The molecule has 3 heteroatoms. The molecule has 0 aromatic rings. The van der Waals surface area contributed by atoms with Crippen LogP contribution in [0.15, 0.2) is 0 Å². The van der Waals surface area contributed by atoms with Crippen LogP contribution in [0.3, 0.4) is 0 Å². The van der Waals surface area contributed by atoms with Gasteiger partial charge in [-0.25, -0.2) is 0 Å². The summed E-state index contributed by atoms with van der Waals surface area (Å²) in [5.41, 5.74) is 0. The summed E-state index contributed by atoms with van der Waals surface area (Å²) in [6.07, 6.45) is 0. The third-order valence-corrected chi connectivity index (χ3v) is 0. The molecular weight excluding hydrogens is 120 g/mol. The topological polar surface area (TPSA) is 51.7 Å². The zero-order valence-corrected chi connectivity index (χ0v) is 3.90. The van der Waals surface area contributed by atoms with Gasteiger partial charge < -0.3 is 10.6 Å². The van der Waals surface area contributed by atoms with Crippen LogP contribution in [0, 0.1) is 0 Å². The maximum absolute atomic E-state index is 7.57. The van der Waals surface area contributed by atoms with Gasteiger partial charge >= 0.3 is 0 Å². The van der Waals surface area contributed by atoms with E-state index in [0.717, 1.165) is 0 Å². The Balaban J connectivity index is -0.0000000200. The minimum Gasteiger partial charge on any atom is -0.412 e. The Morgan fingerprint density at radius 1 is 1.60 bits per heavy atom. The van der Waals surface area contributed by atoms with Gasteiger partial charge in [0.25, 0.3) is 0 Å². The van der Waals surface area contributed by atoms with Gasteiger partial charge in [0.1, 0.15) is 0 Å². The molecule has 0 unspecified atom stereocenters. The molecular formula is C2H8CuO2. The van der Waals surface area contributed by atoms with Gasteiger partial charge in [0.05, 0.1) is 0 Å². The summed E-state index contributed by atoms with van der Waals surface area (Å²) < 4.78 is 0. The Hall–Kier alpha value is 0.439. The minimum atomic E-state index is 0. The van der Waals surface area contributed by atoms with E-state index in [4.69, 9.17) is 5.11 Å². The number of aliphatic hydroxyl groups is 1. The molecule has 1 radical (unpaired) electrons. The van der Waals surface area contributed by atoms with Crippen LogP contribution in [-0.4, -0.2) is 17.2 Å². The predicted octanol–water partition coefficient (Wildman–Crippen LogP) is -0.829. The number of hydrogen-bond acceptors (Lipinski definition) is 1. The first-order valence-corrected chi connectivity index (χ1v) is 1.02. The van der Waals surface area contributed by atoms with Crippen LogP contribution < -0.4 is 0 Å². The third-order valence-electron chi connectivity index (χ3n) is 0. The van der Waals surface area contributed by atoms with Crippen molar-refractivity contribution in [1.29, 1.82) is 0 Å². The zero-order valence-electron chi connectivity index (χ0n) is 2.96. The van der Waals surface area contributed by atoms with E-state index in [0.29, 0.717) is 0 Å². The summed E-state index contributed by atoms with van der Waals surface area (Å²) in [4.78, 5) is 0. The molecule has 0 atom stereocenters. The third kappa shape index (κ3) is 137. The van der Waals surface area contributed by atoms with E-state index in [2.05, 4.69) is 0 Å². The molecule has 0 saturated carbocycles. The largest absolute Gasteiger partial charge is 0.412 e.